The van der Waals surface area contributed by atoms with Crippen LogP contribution in [-0.2, 0) is 10.0 Å². The molecule has 0 bridgehead atoms. The quantitative estimate of drug-likeness (QED) is 0.853. The van der Waals surface area contributed by atoms with Gasteiger partial charge in [0.25, 0.3) is 0 Å². The first-order chi connectivity index (χ1) is 8.86. The summed E-state index contributed by atoms with van der Waals surface area (Å²) in [7, 11) is -3.78. The Morgan fingerprint density at radius 2 is 1.79 bits per heavy atom. The van der Waals surface area contributed by atoms with Gasteiger partial charge in [-0.15, -0.1) is 0 Å². The molecule has 0 saturated heterocycles. The van der Waals surface area contributed by atoms with Gasteiger partial charge in [0.15, 0.2) is 0 Å². The van der Waals surface area contributed by atoms with Crippen molar-refractivity contribution >= 4 is 39.1 Å². The molecule has 0 fully saturated rings. The second-order valence-corrected chi connectivity index (χ2v) is 6.90. The van der Waals surface area contributed by atoms with E-state index in [0.717, 1.165) is 4.90 Å². The van der Waals surface area contributed by atoms with Crippen LogP contribution in [0.4, 0.5) is 5.69 Å². The van der Waals surface area contributed by atoms with Crippen LogP contribution in [0.1, 0.15) is 0 Å². The molecule has 0 aliphatic rings. The van der Waals surface area contributed by atoms with Crippen LogP contribution in [0.5, 0.6) is 0 Å². The number of primary sulfonamides is 1. The molecule has 0 heterocycles. The van der Waals surface area contributed by atoms with E-state index >= 15 is 0 Å². The summed E-state index contributed by atoms with van der Waals surface area (Å²) in [6.07, 6.45) is 0. The monoisotopic (exact) mass is 314 g/mol. The lowest BCUT2D eigenvalue weighted by Gasteiger charge is -2.07. The number of anilines is 1. The van der Waals surface area contributed by atoms with Crippen LogP contribution < -0.4 is 10.9 Å². The van der Waals surface area contributed by atoms with Crippen LogP contribution >= 0.6 is 23.4 Å². The third kappa shape index (κ3) is 3.63. The summed E-state index contributed by atoms with van der Waals surface area (Å²) in [6, 6.07) is 11.7. The Morgan fingerprint density at radius 3 is 2.42 bits per heavy atom. The zero-order valence-corrected chi connectivity index (χ0v) is 12.1. The molecular weight excluding hydrogens is 304 g/mol. The first-order valence-electron chi connectivity index (χ1n) is 5.22. The molecule has 0 unspecified atom stereocenters. The summed E-state index contributed by atoms with van der Waals surface area (Å²) < 4.78 is 22.7. The summed E-state index contributed by atoms with van der Waals surface area (Å²) in [4.78, 5) is 1.47. The molecule has 0 spiro atoms. The molecule has 2 rings (SSSR count). The normalized spacial score (nSPS) is 11.5. The van der Waals surface area contributed by atoms with Gasteiger partial charge in [-0.2, -0.15) is 0 Å². The Bertz CT molecular complexity index is 717. The molecule has 4 nitrogen and oxygen atoms in total. The number of halogens is 1. The number of nitrogen functional groups attached to an aromatic ring is 1. The first-order valence-corrected chi connectivity index (χ1v) is 7.96. The molecule has 0 amide bonds. The van der Waals surface area contributed by atoms with Crippen molar-refractivity contribution in [3.63, 3.8) is 0 Å². The number of rotatable bonds is 3. The smallest absolute Gasteiger partial charge is 0.238 e. The van der Waals surface area contributed by atoms with Crippen LogP contribution in [-0.4, -0.2) is 8.42 Å². The van der Waals surface area contributed by atoms with Gasteiger partial charge < -0.3 is 5.73 Å². The second-order valence-electron chi connectivity index (χ2n) is 3.82. The van der Waals surface area contributed by atoms with E-state index in [4.69, 9.17) is 22.5 Å². The van der Waals surface area contributed by atoms with E-state index in [0.29, 0.717) is 15.6 Å². The maximum absolute atomic E-state index is 11.3. The highest BCUT2D eigenvalue weighted by atomic mass is 35.5. The predicted octanol–water partition coefficient (Wildman–Crippen LogP) is 2.72. The zero-order chi connectivity index (χ0) is 14.0. The Morgan fingerprint density at radius 1 is 1.11 bits per heavy atom. The number of benzene rings is 2. The fourth-order valence-corrected chi connectivity index (χ4v) is 3.34. The standard InChI is InChI=1S/C12H11ClN2O2S2/c13-11-3-1-2-4-12(11)18-9-5-8(14)6-10(7-9)19(15,16)17/h1-7H,14H2,(H2,15,16,17). The van der Waals surface area contributed by atoms with E-state index < -0.39 is 10.0 Å². The topological polar surface area (TPSA) is 86.2 Å². The molecule has 4 N–H and O–H groups in total. The lowest BCUT2D eigenvalue weighted by atomic mass is 10.3. The summed E-state index contributed by atoms with van der Waals surface area (Å²) in [5.74, 6) is 0. The molecule has 0 aliphatic carbocycles. The maximum atomic E-state index is 11.3. The Hall–Kier alpha value is -1.21. The molecule has 7 heteroatoms. The van der Waals surface area contributed by atoms with Crippen LogP contribution in [0, 0.1) is 0 Å². The van der Waals surface area contributed by atoms with Gasteiger partial charge in [-0.3, -0.25) is 0 Å². The minimum absolute atomic E-state index is 0.0120. The summed E-state index contributed by atoms with van der Waals surface area (Å²) in [5.41, 5.74) is 6.02. The van der Waals surface area contributed by atoms with Crippen LogP contribution in [0.25, 0.3) is 0 Å². The maximum Gasteiger partial charge on any atom is 0.238 e. The average molecular weight is 315 g/mol. The number of nitrogens with two attached hydrogens (primary N) is 2. The third-order valence-corrected chi connectivity index (χ3v) is 4.68. The highest BCUT2D eigenvalue weighted by Crippen LogP contribution is 2.34. The Labute approximate surface area is 120 Å². The number of hydrogen-bond acceptors (Lipinski definition) is 4. The van der Waals surface area contributed by atoms with E-state index in [1.807, 2.05) is 18.2 Å². The van der Waals surface area contributed by atoms with Gasteiger partial charge in [0.1, 0.15) is 0 Å². The number of hydrogen-bond donors (Lipinski definition) is 2. The van der Waals surface area contributed by atoms with Crippen LogP contribution in [0.3, 0.4) is 0 Å². The van der Waals surface area contributed by atoms with Crippen molar-refractivity contribution in [3.05, 3.63) is 47.5 Å². The number of sulfonamides is 1. The molecular formula is C12H11ClN2O2S2. The molecule has 0 atom stereocenters. The fraction of sp³-hybridized carbons (Fsp3) is 0. The molecule has 0 aliphatic heterocycles. The summed E-state index contributed by atoms with van der Waals surface area (Å²) >= 11 is 7.38. The van der Waals surface area contributed by atoms with E-state index in [-0.39, 0.29) is 4.90 Å². The Kier molecular flexibility index (Phi) is 4.05. The lowest BCUT2D eigenvalue weighted by molar-refractivity contribution is 0.597. The average Bonchev–Trinajstić information content (AvgIpc) is 2.30. The molecule has 0 radical (unpaired) electrons. The van der Waals surface area contributed by atoms with Gasteiger partial charge in [-0.25, -0.2) is 13.6 Å². The molecule has 0 aromatic heterocycles. The first kappa shape index (κ1) is 14.2. The SMILES string of the molecule is Nc1cc(Sc2ccccc2Cl)cc(S(N)(=O)=O)c1. The molecule has 0 saturated carbocycles. The lowest BCUT2D eigenvalue weighted by Crippen LogP contribution is -2.12. The van der Waals surface area contributed by atoms with Gasteiger partial charge in [0.05, 0.1) is 9.92 Å². The minimum Gasteiger partial charge on any atom is -0.399 e. The van der Waals surface area contributed by atoms with Crippen LogP contribution in [0.2, 0.25) is 5.02 Å². The van der Waals surface area contributed by atoms with Crippen molar-refractivity contribution in [2.75, 3.05) is 5.73 Å². The minimum atomic E-state index is -3.78. The third-order valence-electron chi connectivity index (χ3n) is 2.30. The molecule has 19 heavy (non-hydrogen) atoms. The largest absolute Gasteiger partial charge is 0.399 e. The van der Waals surface area contributed by atoms with Gasteiger partial charge in [0, 0.05) is 15.5 Å². The van der Waals surface area contributed by atoms with E-state index in [1.54, 1.807) is 12.1 Å². The summed E-state index contributed by atoms with van der Waals surface area (Å²) in [5, 5.41) is 5.69. The predicted molar refractivity (Wildman–Crippen MR) is 77.8 cm³/mol. The van der Waals surface area contributed by atoms with E-state index in [1.165, 1.54) is 23.9 Å². The summed E-state index contributed by atoms with van der Waals surface area (Å²) in [6.45, 7) is 0. The zero-order valence-electron chi connectivity index (χ0n) is 9.71. The van der Waals surface area contributed by atoms with E-state index in [9.17, 15) is 8.42 Å². The highest BCUT2D eigenvalue weighted by molar-refractivity contribution is 7.99. The molecule has 2 aromatic carbocycles. The van der Waals surface area contributed by atoms with Crippen molar-refractivity contribution in [1.82, 2.24) is 0 Å². The second kappa shape index (κ2) is 5.42. The van der Waals surface area contributed by atoms with Crippen molar-refractivity contribution in [2.24, 2.45) is 5.14 Å². The van der Waals surface area contributed by atoms with Gasteiger partial charge >= 0.3 is 0 Å². The molecule has 2 aromatic rings. The van der Waals surface area contributed by atoms with Crippen LogP contribution in [0.15, 0.2) is 57.2 Å². The van der Waals surface area contributed by atoms with Gasteiger partial charge in [-0.1, -0.05) is 35.5 Å². The molecule has 100 valence electrons. The van der Waals surface area contributed by atoms with Crippen molar-refractivity contribution in [2.45, 2.75) is 14.7 Å². The van der Waals surface area contributed by atoms with E-state index in [2.05, 4.69) is 0 Å². The highest BCUT2D eigenvalue weighted by Gasteiger charge is 2.11. The van der Waals surface area contributed by atoms with Crippen molar-refractivity contribution in [3.8, 4) is 0 Å². The Balaban J connectivity index is 2.42. The van der Waals surface area contributed by atoms with Gasteiger partial charge in [-0.05, 0) is 30.3 Å². The fourth-order valence-electron chi connectivity index (χ4n) is 1.47. The van der Waals surface area contributed by atoms with Crippen molar-refractivity contribution in [1.29, 1.82) is 0 Å². The van der Waals surface area contributed by atoms with Gasteiger partial charge in [0.2, 0.25) is 10.0 Å². The van der Waals surface area contributed by atoms with Crippen molar-refractivity contribution < 1.29 is 8.42 Å².